The smallest absolute Gasteiger partial charge is 0.0586 e. The molecule has 0 radical (unpaired) electrons. The highest BCUT2D eigenvalue weighted by molar-refractivity contribution is 7.86. The molecule has 3 rings (SSSR count). The Morgan fingerprint density at radius 1 is 1.38 bits per heavy atom. The zero-order chi connectivity index (χ0) is 11.1. The summed E-state index contributed by atoms with van der Waals surface area (Å²) in [6.45, 7) is 3.10. The van der Waals surface area contributed by atoms with Gasteiger partial charge in [0.2, 0.25) is 0 Å². The average Bonchev–Trinajstić information content (AvgIpc) is 2.61. The average molecular weight is 235 g/mol. The van der Waals surface area contributed by atoms with Crippen molar-refractivity contribution in [1.29, 1.82) is 0 Å². The van der Waals surface area contributed by atoms with Crippen LogP contribution < -0.4 is 5.32 Å². The zero-order valence-corrected chi connectivity index (χ0v) is 10.3. The topological polar surface area (TPSA) is 29.1 Å². The minimum absolute atomic E-state index is 0.287. The minimum Gasteiger partial charge on any atom is -0.309 e. The van der Waals surface area contributed by atoms with E-state index < -0.39 is 10.8 Å². The molecule has 1 heterocycles. The quantitative estimate of drug-likeness (QED) is 0.742. The maximum absolute atomic E-state index is 12.4. The minimum atomic E-state index is -0.696. The van der Waals surface area contributed by atoms with Gasteiger partial charge in [-0.05, 0) is 30.5 Å². The van der Waals surface area contributed by atoms with E-state index in [0.717, 1.165) is 19.4 Å². The van der Waals surface area contributed by atoms with E-state index in [9.17, 15) is 4.21 Å². The van der Waals surface area contributed by atoms with E-state index in [1.807, 2.05) is 0 Å². The molecule has 86 valence electrons. The number of nitrogens with one attached hydrogen (secondary N) is 1. The standard InChI is InChI=1S/C13H17NOS/c1-9-6-7-14-13-11-5-3-2-4-10(11)8-12(13)16(9)15/h2-5,9,12-14H,6-8H2,1H3. The molecule has 1 aromatic rings. The summed E-state index contributed by atoms with van der Waals surface area (Å²) in [6.07, 6.45) is 2.01. The first-order chi connectivity index (χ1) is 7.77. The van der Waals surface area contributed by atoms with Gasteiger partial charge >= 0.3 is 0 Å². The summed E-state index contributed by atoms with van der Waals surface area (Å²) in [5, 5.41) is 4.18. The van der Waals surface area contributed by atoms with E-state index in [2.05, 4.69) is 36.5 Å². The third kappa shape index (κ3) is 1.54. The van der Waals surface area contributed by atoms with Crippen molar-refractivity contribution in [2.75, 3.05) is 6.54 Å². The highest BCUT2D eigenvalue weighted by Gasteiger charge is 2.39. The molecular formula is C13H17NOS. The van der Waals surface area contributed by atoms with Crippen molar-refractivity contribution < 1.29 is 4.21 Å². The second-order valence-electron chi connectivity index (χ2n) is 4.80. The SMILES string of the molecule is CC1CCNC2c3ccccc3CC2S1=O. The Hall–Kier alpha value is -0.670. The number of hydrogen-bond acceptors (Lipinski definition) is 2. The van der Waals surface area contributed by atoms with E-state index in [0.29, 0.717) is 11.3 Å². The second kappa shape index (κ2) is 3.97. The summed E-state index contributed by atoms with van der Waals surface area (Å²) in [7, 11) is -0.696. The Labute approximate surface area is 98.9 Å². The fraction of sp³-hybridized carbons (Fsp3) is 0.538. The molecule has 2 aliphatic rings. The lowest BCUT2D eigenvalue weighted by Crippen LogP contribution is -2.30. The Balaban J connectivity index is 2.00. The normalized spacial score (nSPS) is 37.6. The van der Waals surface area contributed by atoms with Crippen LogP contribution in [0.1, 0.15) is 30.5 Å². The number of rotatable bonds is 0. The fourth-order valence-electron chi connectivity index (χ4n) is 2.87. The van der Waals surface area contributed by atoms with Crippen molar-refractivity contribution in [1.82, 2.24) is 5.32 Å². The van der Waals surface area contributed by atoms with Crippen LogP contribution in [0, 0.1) is 0 Å². The molecule has 4 unspecified atom stereocenters. The molecule has 0 spiro atoms. The van der Waals surface area contributed by atoms with Crippen LogP contribution in [-0.4, -0.2) is 21.3 Å². The van der Waals surface area contributed by atoms with Gasteiger partial charge in [-0.25, -0.2) is 0 Å². The van der Waals surface area contributed by atoms with Gasteiger partial charge in [0, 0.05) is 22.1 Å². The molecule has 0 bridgehead atoms. The summed E-state index contributed by atoms with van der Waals surface area (Å²) in [5.41, 5.74) is 2.75. The molecular weight excluding hydrogens is 218 g/mol. The van der Waals surface area contributed by atoms with Crippen molar-refractivity contribution in [3.05, 3.63) is 35.4 Å². The molecule has 1 aliphatic carbocycles. The first-order valence-corrected chi connectivity index (χ1v) is 7.25. The molecule has 0 aromatic heterocycles. The van der Waals surface area contributed by atoms with Crippen molar-refractivity contribution in [2.45, 2.75) is 36.3 Å². The predicted molar refractivity (Wildman–Crippen MR) is 66.9 cm³/mol. The molecule has 4 atom stereocenters. The molecule has 0 amide bonds. The molecule has 1 N–H and O–H groups in total. The summed E-state index contributed by atoms with van der Waals surface area (Å²) in [4.78, 5) is 0. The molecule has 16 heavy (non-hydrogen) atoms. The molecule has 0 saturated carbocycles. The Morgan fingerprint density at radius 2 is 2.19 bits per heavy atom. The van der Waals surface area contributed by atoms with Gasteiger partial charge in [-0.2, -0.15) is 0 Å². The Morgan fingerprint density at radius 3 is 3.06 bits per heavy atom. The highest BCUT2D eigenvalue weighted by atomic mass is 32.2. The van der Waals surface area contributed by atoms with E-state index in [1.54, 1.807) is 0 Å². The first-order valence-electron chi connectivity index (χ1n) is 5.98. The number of benzene rings is 1. The molecule has 1 aromatic carbocycles. The molecule has 1 fully saturated rings. The van der Waals surface area contributed by atoms with E-state index in [4.69, 9.17) is 0 Å². The molecule has 1 aliphatic heterocycles. The lowest BCUT2D eigenvalue weighted by Gasteiger charge is -2.18. The summed E-state index contributed by atoms with van der Waals surface area (Å²) in [5.74, 6) is 0. The summed E-state index contributed by atoms with van der Waals surface area (Å²) >= 11 is 0. The lowest BCUT2D eigenvalue weighted by atomic mass is 10.1. The van der Waals surface area contributed by atoms with Gasteiger partial charge in [0.05, 0.1) is 5.25 Å². The van der Waals surface area contributed by atoms with Gasteiger partial charge in [-0.15, -0.1) is 0 Å². The van der Waals surface area contributed by atoms with Crippen molar-refractivity contribution in [2.24, 2.45) is 0 Å². The van der Waals surface area contributed by atoms with Crippen molar-refractivity contribution in [3.8, 4) is 0 Å². The maximum atomic E-state index is 12.4. The van der Waals surface area contributed by atoms with Crippen LogP contribution >= 0.6 is 0 Å². The van der Waals surface area contributed by atoms with Crippen LogP contribution in [-0.2, 0) is 17.2 Å². The highest BCUT2D eigenvalue weighted by Crippen LogP contribution is 2.36. The van der Waals surface area contributed by atoms with Gasteiger partial charge in [-0.3, -0.25) is 4.21 Å². The number of hydrogen-bond donors (Lipinski definition) is 1. The van der Waals surface area contributed by atoms with Crippen molar-refractivity contribution >= 4 is 10.8 Å². The molecule has 3 heteroatoms. The van der Waals surface area contributed by atoms with Gasteiger partial charge < -0.3 is 5.32 Å². The second-order valence-corrected chi connectivity index (χ2v) is 6.87. The van der Waals surface area contributed by atoms with Crippen LogP contribution in [0.25, 0.3) is 0 Å². The van der Waals surface area contributed by atoms with Crippen LogP contribution in [0.15, 0.2) is 24.3 Å². The predicted octanol–water partition coefficient (Wildman–Crippen LogP) is 1.78. The number of fused-ring (bicyclic) bond motifs is 3. The first kappa shape index (κ1) is 10.5. The molecule has 2 nitrogen and oxygen atoms in total. The zero-order valence-electron chi connectivity index (χ0n) is 9.48. The molecule has 1 saturated heterocycles. The monoisotopic (exact) mass is 235 g/mol. The van der Waals surface area contributed by atoms with E-state index in [-0.39, 0.29) is 5.25 Å². The van der Waals surface area contributed by atoms with Crippen molar-refractivity contribution in [3.63, 3.8) is 0 Å². The summed E-state index contributed by atoms with van der Waals surface area (Å²) < 4.78 is 12.4. The van der Waals surface area contributed by atoms with Gasteiger partial charge in [0.1, 0.15) is 0 Å². The fourth-order valence-corrected chi connectivity index (χ4v) is 4.67. The summed E-state index contributed by atoms with van der Waals surface area (Å²) in [6, 6.07) is 8.84. The Kier molecular flexibility index (Phi) is 2.60. The lowest BCUT2D eigenvalue weighted by molar-refractivity contribution is 0.542. The van der Waals surface area contributed by atoms with Gasteiger partial charge in [0.15, 0.2) is 0 Å². The third-order valence-corrected chi connectivity index (χ3v) is 5.86. The Bertz CT molecular complexity index is 432. The van der Waals surface area contributed by atoms with E-state index >= 15 is 0 Å². The maximum Gasteiger partial charge on any atom is 0.0586 e. The van der Waals surface area contributed by atoms with Gasteiger partial charge in [-0.1, -0.05) is 31.2 Å². The van der Waals surface area contributed by atoms with Crippen LogP contribution in [0.4, 0.5) is 0 Å². The van der Waals surface area contributed by atoms with Crippen LogP contribution in [0.5, 0.6) is 0 Å². The largest absolute Gasteiger partial charge is 0.309 e. The van der Waals surface area contributed by atoms with E-state index in [1.165, 1.54) is 11.1 Å². The van der Waals surface area contributed by atoms with Gasteiger partial charge in [0.25, 0.3) is 0 Å². The van der Waals surface area contributed by atoms with Crippen LogP contribution in [0.3, 0.4) is 0 Å². The van der Waals surface area contributed by atoms with Crippen LogP contribution in [0.2, 0.25) is 0 Å². The third-order valence-electron chi connectivity index (χ3n) is 3.79.